The average molecular weight is 678 g/mol. The van der Waals surface area contributed by atoms with Gasteiger partial charge in [0.2, 0.25) is 0 Å². The molecule has 0 saturated carbocycles. The molecule has 0 spiro atoms. The molecule has 7 aromatic carbocycles. The highest BCUT2D eigenvalue weighted by molar-refractivity contribution is 6.25. The van der Waals surface area contributed by atoms with Gasteiger partial charge >= 0.3 is 0 Å². The van der Waals surface area contributed by atoms with Crippen LogP contribution in [0.5, 0.6) is 0 Å². The predicted molar refractivity (Wildman–Crippen MR) is 222 cm³/mol. The van der Waals surface area contributed by atoms with Gasteiger partial charge in [0.1, 0.15) is 0 Å². The summed E-state index contributed by atoms with van der Waals surface area (Å²) in [6.45, 7) is 4.00. The molecule has 2 heterocycles. The Morgan fingerprint density at radius 3 is 1.79 bits per heavy atom. The standard InChI is InChI=1S/C48H29N3.C2H6/c49-26-30-22-46-44(24-40(30)42-20-28-10-1-3-12-32(28)34-14-5-7-16-36(34)42)38-18-9-19-39-45-25-41(31(27-50)23-47(45)51(46)48(38)39)43-21-29-11-2-4-13-33(29)35-15-6-8-17-37(35)43;1-2/h1-3,5,7-12,14,16-25H,4,6,13,15H2;1-2H3. The van der Waals surface area contributed by atoms with E-state index in [1.165, 1.54) is 33.0 Å². The third-order valence-electron chi connectivity index (χ3n) is 11.5. The fraction of sp³-hybridized carbons (Fsp3) is 0.120. The lowest BCUT2D eigenvalue weighted by Gasteiger charge is -2.24. The predicted octanol–water partition coefficient (Wildman–Crippen LogP) is 13.2. The third kappa shape index (κ3) is 4.38. The number of hydrogen-bond donors (Lipinski definition) is 0. The summed E-state index contributed by atoms with van der Waals surface area (Å²) in [5.41, 5.74) is 14.0. The second-order valence-corrected chi connectivity index (χ2v) is 14.0. The monoisotopic (exact) mass is 677 g/mol. The van der Waals surface area contributed by atoms with Crippen molar-refractivity contribution in [3.05, 3.63) is 149 Å². The lowest BCUT2D eigenvalue weighted by molar-refractivity contribution is 0.906. The summed E-state index contributed by atoms with van der Waals surface area (Å²) in [7, 11) is 0. The zero-order valence-corrected chi connectivity index (χ0v) is 29.8. The number of allylic oxidation sites excluding steroid dienone is 2. The Bertz CT molecular complexity index is 3150. The number of fused-ring (bicyclic) bond motifs is 12. The smallest absolute Gasteiger partial charge is 0.0998 e. The van der Waals surface area contributed by atoms with Crippen LogP contribution in [-0.4, -0.2) is 4.40 Å². The molecule has 11 rings (SSSR count). The van der Waals surface area contributed by atoms with Crippen LogP contribution in [0, 0.1) is 22.7 Å². The summed E-state index contributed by atoms with van der Waals surface area (Å²) >= 11 is 0. The van der Waals surface area contributed by atoms with E-state index in [-0.39, 0.29) is 0 Å². The van der Waals surface area contributed by atoms with Gasteiger partial charge in [-0.3, -0.25) is 0 Å². The van der Waals surface area contributed by atoms with Crippen LogP contribution in [0.2, 0.25) is 0 Å². The number of hydrogen-bond acceptors (Lipinski definition) is 2. The van der Waals surface area contributed by atoms with Crippen LogP contribution < -0.4 is 0 Å². The Labute approximate surface area is 308 Å². The zero-order chi connectivity index (χ0) is 35.8. The van der Waals surface area contributed by atoms with Crippen molar-refractivity contribution in [2.24, 2.45) is 0 Å². The van der Waals surface area contributed by atoms with E-state index in [4.69, 9.17) is 0 Å². The minimum absolute atomic E-state index is 0.634. The maximum atomic E-state index is 10.7. The van der Waals surface area contributed by atoms with E-state index >= 15 is 0 Å². The van der Waals surface area contributed by atoms with E-state index in [1.807, 2.05) is 13.8 Å². The molecule has 9 aromatic rings. The molecule has 2 aliphatic rings. The number of benzene rings is 7. The molecule has 3 nitrogen and oxygen atoms in total. The minimum Gasteiger partial charge on any atom is -0.308 e. The van der Waals surface area contributed by atoms with Crippen LogP contribution in [0.1, 0.15) is 60.1 Å². The molecule has 2 aliphatic carbocycles. The molecule has 53 heavy (non-hydrogen) atoms. The molecule has 0 atom stereocenters. The Kier molecular flexibility index (Phi) is 7.01. The van der Waals surface area contributed by atoms with Crippen molar-refractivity contribution in [1.82, 2.24) is 4.40 Å². The van der Waals surface area contributed by atoms with Crippen LogP contribution in [0.3, 0.4) is 0 Å². The van der Waals surface area contributed by atoms with Crippen LogP contribution in [0.4, 0.5) is 0 Å². The van der Waals surface area contributed by atoms with Gasteiger partial charge in [0.15, 0.2) is 0 Å². The first-order valence-corrected chi connectivity index (χ1v) is 18.7. The maximum Gasteiger partial charge on any atom is 0.0998 e. The van der Waals surface area contributed by atoms with Crippen molar-refractivity contribution in [2.45, 2.75) is 39.5 Å². The Balaban J connectivity index is 0.00000172. The number of nitrogens with zero attached hydrogens (tertiary/aromatic N) is 3. The third-order valence-corrected chi connectivity index (χ3v) is 11.5. The lowest BCUT2D eigenvalue weighted by Crippen LogP contribution is -2.07. The average Bonchev–Trinajstić information content (AvgIpc) is 3.74. The molecule has 0 unspecified atom stereocenters. The van der Waals surface area contributed by atoms with E-state index in [9.17, 15) is 10.5 Å². The largest absolute Gasteiger partial charge is 0.308 e. The molecule has 0 radical (unpaired) electrons. The first-order valence-electron chi connectivity index (χ1n) is 18.7. The van der Waals surface area contributed by atoms with Gasteiger partial charge in [-0.05, 0) is 117 Å². The van der Waals surface area contributed by atoms with E-state index in [0.717, 1.165) is 96.8 Å². The van der Waals surface area contributed by atoms with Gasteiger partial charge < -0.3 is 4.40 Å². The Morgan fingerprint density at radius 1 is 0.509 bits per heavy atom. The first kappa shape index (κ1) is 31.1. The molecule has 250 valence electrons. The summed E-state index contributed by atoms with van der Waals surface area (Å²) < 4.78 is 2.29. The van der Waals surface area contributed by atoms with Crippen LogP contribution in [0.15, 0.2) is 115 Å². The quantitative estimate of drug-likeness (QED) is 0.171. The van der Waals surface area contributed by atoms with Gasteiger partial charge in [-0.25, -0.2) is 0 Å². The maximum absolute atomic E-state index is 10.7. The molecule has 0 saturated heterocycles. The topological polar surface area (TPSA) is 52.0 Å². The van der Waals surface area contributed by atoms with Gasteiger partial charge in [-0.15, -0.1) is 0 Å². The second-order valence-electron chi connectivity index (χ2n) is 14.0. The molecule has 0 N–H and O–H groups in total. The van der Waals surface area contributed by atoms with Gasteiger partial charge in [0.25, 0.3) is 0 Å². The Hall–Kier alpha value is -6.68. The van der Waals surface area contributed by atoms with E-state index < -0.39 is 0 Å². The minimum atomic E-state index is 0.634. The van der Waals surface area contributed by atoms with Crippen LogP contribution >= 0.6 is 0 Å². The van der Waals surface area contributed by atoms with Crippen molar-refractivity contribution in [2.75, 3.05) is 0 Å². The van der Waals surface area contributed by atoms with Crippen molar-refractivity contribution < 1.29 is 0 Å². The first-order chi connectivity index (χ1) is 26.2. The van der Waals surface area contributed by atoms with Crippen LogP contribution in [-0.2, 0) is 12.8 Å². The van der Waals surface area contributed by atoms with E-state index in [1.54, 1.807) is 0 Å². The van der Waals surface area contributed by atoms with Crippen molar-refractivity contribution in [3.8, 4) is 34.4 Å². The number of aromatic nitrogens is 1. The summed E-state index contributed by atoms with van der Waals surface area (Å²) in [6.07, 6.45) is 13.3. The molecule has 0 aliphatic heterocycles. The fourth-order valence-corrected chi connectivity index (χ4v) is 9.30. The summed E-state index contributed by atoms with van der Waals surface area (Å²) in [4.78, 5) is 0. The van der Waals surface area contributed by atoms with Gasteiger partial charge in [-0.1, -0.05) is 105 Å². The molecule has 0 amide bonds. The summed E-state index contributed by atoms with van der Waals surface area (Å²) in [6, 6.07) is 41.8. The molecular formula is C50H35N3. The van der Waals surface area contributed by atoms with Gasteiger partial charge in [0, 0.05) is 32.7 Å². The normalized spacial score (nSPS) is 13.4. The number of para-hydroxylation sites is 1. The van der Waals surface area contributed by atoms with Crippen molar-refractivity contribution in [3.63, 3.8) is 0 Å². The zero-order valence-electron chi connectivity index (χ0n) is 29.8. The van der Waals surface area contributed by atoms with Crippen molar-refractivity contribution >= 4 is 71.8 Å². The highest BCUT2D eigenvalue weighted by atomic mass is 14.9. The summed E-state index contributed by atoms with van der Waals surface area (Å²) in [5.74, 6) is 0. The number of nitriles is 2. The highest BCUT2D eigenvalue weighted by Gasteiger charge is 2.25. The highest BCUT2D eigenvalue weighted by Crippen LogP contribution is 2.46. The molecule has 2 aromatic heterocycles. The SMILES string of the molecule is CC.N#Cc1cc2c(cc1-c1cc3c(c4c1C=CCC4)CCC=C3)c1cccc3c4cc(-c5cc6ccccc6c6ccccc56)c(C#N)cc4n2c13. The van der Waals surface area contributed by atoms with Crippen LogP contribution in [0.25, 0.3) is 94.0 Å². The molecule has 3 heteroatoms. The van der Waals surface area contributed by atoms with Gasteiger partial charge in [-0.2, -0.15) is 10.5 Å². The lowest BCUT2D eigenvalue weighted by atomic mass is 9.80. The fourth-order valence-electron chi connectivity index (χ4n) is 9.30. The molecular weight excluding hydrogens is 643 g/mol. The van der Waals surface area contributed by atoms with Gasteiger partial charge in [0.05, 0.1) is 39.8 Å². The van der Waals surface area contributed by atoms with E-state index in [0.29, 0.717) is 11.1 Å². The molecule has 0 fully saturated rings. The molecule has 0 bridgehead atoms. The second kappa shape index (κ2) is 11.9. The van der Waals surface area contributed by atoms with E-state index in [2.05, 4.69) is 144 Å². The van der Waals surface area contributed by atoms with Crippen molar-refractivity contribution in [1.29, 1.82) is 10.5 Å². The number of rotatable bonds is 2. The Morgan fingerprint density at radius 2 is 1.09 bits per heavy atom. The summed E-state index contributed by atoms with van der Waals surface area (Å²) in [5, 5.41) is 30.6.